The van der Waals surface area contributed by atoms with Crippen molar-refractivity contribution in [2.24, 2.45) is 11.8 Å². The van der Waals surface area contributed by atoms with Crippen LogP contribution in [0.25, 0.3) is 0 Å². The fourth-order valence-electron chi connectivity index (χ4n) is 5.42. The Morgan fingerprint density at radius 1 is 1.09 bits per heavy atom. The van der Waals surface area contributed by atoms with Crippen LogP contribution in [0.3, 0.4) is 0 Å². The van der Waals surface area contributed by atoms with Crippen LogP contribution in [0.2, 0.25) is 0 Å². The van der Waals surface area contributed by atoms with Gasteiger partial charge in [0, 0.05) is 24.8 Å². The van der Waals surface area contributed by atoms with Crippen LogP contribution in [-0.4, -0.2) is 42.4 Å². The lowest BCUT2D eigenvalue weighted by Crippen LogP contribution is -2.45. The first kappa shape index (κ1) is 25.1. The molecule has 3 amide bonds. The second-order valence-electron chi connectivity index (χ2n) is 9.92. The zero-order valence-electron chi connectivity index (χ0n) is 20.0. The summed E-state index contributed by atoms with van der Waals surface area (Å²) in [5, 5.41) is 17.6. The predicted molar refractivity (Wildman–Crippen MR) is 133 cm³/mol. The first-order valence-corrected chi connectivity index (χ1v) is 12.7. The molecule has 2 aliphatic rings. The largest absolute Gasteiger partial charge is 0.353 e. The molecule has 0 aromatic heterocycles. The first-order chi connectivity index (χ1) is 16.0. The van der Waals surface area contributed by atoms with Gasteiger partial charge in [-0.2, -0.15) is 0 Å². The van der Waals surface area contributed by atoms with E-state index in [1.807, 2.05) is 30.3 Å². The highest BCUT2D eigenvalue weighted by atomic mass is 16.2. The maximum atomic E-state index is 12.4. The Morgan fingerprint density at radius 2 is 1.82 bits per heavy atom. The molecule has 0 heterocycles. The Morgan fingerprint density at radius 3 is 2.55 bits per heavy atom. The Kier molecular flexibility index (Phi) is 10.0. The fourth-order valence-corrected chi connectivity index (χ4v) is 5.42. The van der Waals surface area contributed by atoms with E-state index in [1.165, 1.54) is 43.4 Å². The molecule has 2 fully saturated rings. The van der Waals surface area contributed by atoms with E-state index >= 15 is 0 Å². The summed E-state index contributed by atoms with van der Waals surface area (Å²) in [6, 6.07) is 9.73. The minimum absolute atomic E-state index is 0.145. The van der Waals surface area contributed by atoms with Crippen LogP contribution in [0, 0.1) is 17.2 Å². The van der Waals surface area contributed by atoms with Gasteiger partial charge in [-0.25, -0.2) is 4.79 Å². The van der Waals surface area contributed by atoms with Crippen molar-refractivity contribution in [3.63, 3.8) is 0 Å². The van der Waals surface area contributed by atoms with Gasteiger partial charge in [0.2, 0.25) is 6.41 Å². The van der Waals surface area contributed by atoms with Crippen LogP contribution in [0.15, 0.2) is 30.3 Å². The molecule has 0 unspecified atom stereocenters. The van der Waals surface area contributed by atoms with Crippen LogP contribution < -0.4 is 16.0 Å². The number of amides is 3. The average Bonchev–Trinajstić information content (AvgIpc) is 2.83. The summed E-state index contributed by atoms with van der Waals surface area (Å²) < 4.78 is 0. The molecule has 0 aliphatic heterocycles. The van der Waals surface area contributed by atoms with Gasteiger partial charge < -0.3 is 16.0 Å². The second kappa shape index (κ2) is 13.2. The predicted octanol–water partition coefficient (Wildman–Crippen LogP) is 5.10. The number of benzene rings is 1. The summed E-state index contributed by atoms with van der Waals surface area (Å²) >= 11 is 0. The topological polar surface area (TPSA) is 97.3 Å². The first-order valence-electron chi connectivity index (χ1n) is 12.7. The van der Waals surface area contributed by atoms with E-state index in [9.17, 15) is 9.59 Å². The molecule has 0 spiro atoms. The van der Waals surface area contributed by atoms with Crippen LogP contribution in [-0.2, 0) is 4.79 Å². The minimum Gasteiger partial charge on any atom is -0.353 e. The second-order valence-corrected chi connectivity index (χ2v) is 9.92. The smallest absolute Gasteiger partial charge is 0.319 e. The third-order valence-electron chi connectivity index (χ3n) is 7.27. The fraction of sp³-hybridized carbons (Fsp3) is 0.654. The van der Waals surface area contributed by atoms with Crippen molar-refractivity contribution < 1.29 is 9.59 Å². The molecule has 2 saturated carbocycles. The van der Waals surface area contributed by atoms with Gasteiger partial charge in [0.05, 0.1) is 0 Å². The zero-order valence-corrected chi connectivity index (χ0v) is 20.0. The molecule has 3 atom stereocenters. The lowest BCUT2D eigenvalue weighted by atomic mass is 9.80. The summed E-state index contributed by atoms with van der Waals surface area (Å²) in [4.78, 5) is 24.8. The molecule has 7 nitrogen and oxygen atoms in total. The summed E-state index contributed by atoms with van der Waals surface area (Å²) in [6.45, 7) is 0. The summed E-state index contributed by atoms with van der Waals surface area (Å²) in [7, 11) is 1.62. The van der Waals surface area contributed by atoms with Crippen molar-refractivity contribution in [3.8, 4) is 0 Å². The molecule has 1 aromatic rings. The van der Waals surface area contributed by atoms with Crippen LogP contribution in [0.1, 0.15) is 77.0 Å². The molecule has 0 radical (unpaired) electrons. The molecule has 0 bridgehead atoms. The average molecular weight is 456 g/mol. The van der Waals surface area contributed by atoms with Gasteiger partial charge in [-0.15, -0.1) is 0 Å². The molecule has 1 aromatic carbocycles. The number of rotatable bonds is 9. The number of para-hydroxylation sites is 1. The van der Waals surface area contributed by atoms with E-state index in [0.29, 0.717) is 12.3 Å². The highest BCUT2D eigenvalue weighted by Gasteiger charge is 2.27. The number of nitrogens with zero attached hydrogens (tertiary/aromatic N) is 1. The number of hydrogen-bond acceptors (Lipinski definition) is 3. The normalized spacial score (nSPS) is 22.1. The molecule has 4 N–H and O–H groups in total. The maximum absolute atomic E-state index is 12.4. The Hall–Kier alpha value is -2.57. The van der Waals surface area contributed by atoms with Crippen LogP contribution in [0.5, 0.6) is 0 Å². The third kappa shape index (κ3) is 8.71. The highest BCUT2D eigenvalue weighted by molar-refractivity contribution is 5.89. The summed E-state index contributed by atoms with van der Waals surface area (Å²) in [6.07, 6.45) is 14.8. The summed E-state index contributed by atoms with van der Waals surface area (Å²) in [5.41, 5.74) is 0.798. The van der Waals surface area contributed by atoms with E-state index in [1.54, 1.807) is 7.05 Å². The quantitative estimate of drug-likeness (QED) is 0.237. The van der Waals surface area contributed by atoms with Crippen molar-refractivity contribution >= 4 is 24.1 Å². The zero-order chi connectivity index (χ0) is 23.5. The van der Waals surface area contributed by atoms with E-state index < -0.39 is 0 Å². The molecular formula is C26H41N5O2. The number of anilines is 1. The number of guanidine groups is 1. The van der Waals surface area contributed by atoms with Gasteiger partial charge in [0.25, 0.3) is 0 Å². The van der Waals surface area contributed by atoms with Crippen molar-refractivity contribution in [1.82, 2.24) is 15.5 Å². The standard InChI is InChI=1S/C26H41N5O2/c1-31(19-32)25(27)28-24(16-15-20-9-4-2-5-10-20)18-21-11-8-14-23(17-21)30-26(33)29-22-12-6-3-7-13-22/h3,6-7,12-13,19-21,23-24H,2,4-5,8-11,14-18H2,1H3,(H2,27,28)(H2,29,30,33)/t21-,23+,24+/m0/s1. The van der Waals surface area contributed by atoms with Crippen molar-refractivity contribution in [3.05, 3.63) is 30.3 Å². The Balaban J connectivity index is 1.51. The molecule has 3 rings (SSSR count). The molecule has 33 heavy (non-hydrogen) atoms. The monoisotopic (exact) mass is 455 g/mol. The van der Waals surface area contributed by atoms with Gasteiger partial charge >= 0.3 is 6.03 Å². The van der Waals surface area contributed by atoms with E-state index in [0.717, 1.165) is 50.1 Å². The number of carbonyl (C=O) groups excluding carboxylic acids is 2. The molecule has 0 saturated heterocycles. The highest BCUT2D eigenvalue weighted by Crippen LogP contribution is 2.31. The van der Waals surface area contributed by atoms with Gasteiger partial charge in [-0.3, -0.25) is 15.1 Å². The van der Waals surface area contributed by atoms with E-state index in [-0.39, 0.29) is 24.1 Å². The third-order valence-corrected chi connectivity index (χ3v) is 7.27. The van der Waals surface area contributed by atoms with Gasteiger partial charge in [-0.1, -0.05) is 63.1 Å². The van der Waals surface area contributed by atoms with E-state index in [4.69, 9.17) is 5.41 Å². The maximum Gasteiger partial charge on any atom is 0.319 e. The minimum atomic E-state index is -0.145. The molecule has 2 aliphatic carbocycles. The van der Waals surface area contributed by atoms with Gasteiger partial charge in [0.15, 0.2) is 5.96 Å². The molecule has 182 valence electrons. The van der Waals surface area contributed by atoms with Gasteiger partial charge in [0.1, 0.15) is 0 Å². The lowest BCUT2D eigenvalue weighted by molar-refractivity contribution is -0.114. The lowest BCUT2D eigenvalue weighted by Gasteiger charge is -2.33. The van der Waals surface area contributed by atoms with E-state index in [2.05, 4.69) is 16.0 Å². The number of urea groups is 1. The number of nitrogens with one attached hydrogen (secondary N) is 4. The number of hydrogen-bond donors (Lipinski definition) is 4. The van der Waals surface area contributed by atoms with Crippen molar-refractivity contribution in [1.29, 1.82) is 5.41 Å². The molecule has 7 heteroatoms. The van der Waals surface area contributed by atoms with Crippen molar-refractivity contribution in [2.75, 3.05) is 12.4 Å². The SMILES string of the molecule is CN(C=O)C(=N)N[C@H](CCC1CCCCC1)C[C@H]1CCC[C@@H](NC(=O)Nc2ccccc2)C1. The summed E-state index contributed by atoms with van der Waals surface area (Å²) in [5.74, 6) is 1.47. The Bertz CT molecular complexity index is 750. The number of carbonyl (C=O) groups is 2. The van der Waals surface area contributed by atoms with Crippen LogP contribution in [0.4, 0.5) is 10.5 Å². The van der Waals surface area contributed by atoms with Gasteiger partial charge in [-0.05, 0) is 56.1 Å². The Labute approximate surface area is 198 Å². The van der Waals surface area contributed by atoms with Crippen LogP contribution >= 0.6 is 0 Å². The van der Waals surface area contributed by atoms with Crippen molar-refractivity contribution in [2.45, 2.75) is 89.1 Å². The molecular weight excluding hydrogens is 414 g/mol.